The van der Waals surface area contributed by atoms with Crippen LogP contribution in [-0.4, -0.2) is 117 Å². The van der Waals surface area contributed by atoms with Crippen LogP contribution in [0.2, 0.25) is 0 Å². The minimum atomic E-state index is -1.05. The molecule has 0 saturated heterocycles. The Morgan fingerprint density at radius 1 is 0.926 bits per heavy atom. The number of benzene rings is 2. The molecule has 1 heterocycles. The van der Waals surface area contributed by atoms with Crippen LogP contribution < -0.4 is 19.5 Å². The topological polar surface area (TPSA) is 211 Å². The summed E-state index contributed by atoms with van der Waals surface area (Å²) in [6.07, 6.45) is 4.58. The number of methoxy groups -OCH3 is 1. The molecule has 0 unspecified atom stereocenters. The molecule has 1 spiro atoms. The maximum atomic E-state index is 11.6. The van der Waals surface area contributed by atoms with Crippen LogP contribution in [0.3, 0.4) is 0 Å². The lowest BCUT2D eigenvalue weighted by Gasteiger charge is -2.30. The van der Waals surface area contributed by atoms with Gasteiger partial charge in [0.25, 0.3) is 0 Å². The Labute approximate surface area is 325 Å². The summed E-state index contributed by atoms with van der Waals surface area (Å²) >= 11 is 0. The van der Waals surface area contributed by atoms with Crippen molar-refractivity contribution >= 4 is 21.6 Å². The van der Waals surface area contributed by atoms with Gasteiger partial charge in [0.15, 0.2) is 29.8 Å². The van der Waals surface area contributed by atoms with Crippen LogP contribution in [-0.2, 0) is 17.6 Å². The highest BCUT2D eigenvalue weighted by Gasteiger charge is 2.45. The van der Waals surface area contributed by atoms with Crippen molar-refractivity contribution in [2.24, 2.45) is 11.3 Å². The second-order valence-electron chi connectivity index (χ2n) is 15.2. The van der Waals surface area contributed by atoms with Crippen LogP contribution >= 0.6 is 21.6 Å². The first-order valence-corrected chi connectivity index (χ1v) is 21.4. The Kier molecular flexibility index (Phi) is 16.1. The SMILES string of the molecule is COc1cc(C[C@H]2[C@H](O)C[C@@H](OCO)CCc3cc(O[C@H]4CC[C@]5(CC[C@H](NC[C@H](C)O)C5)C4)c(O)cc3[C@H](CCO)SSC[C@@H]2O)cc(OCO)c1O. The van der Waals surface area contributed by atoms with E-state index in [2.05, 4.69) is 5.32 Å². The number of aromatic hydroxyl groups is 2. The Hall–Kier alpha value is -2.18. The number of fused-ring (bicyclic) bond motifs is 1. The third kappa shape index (κ3) is 11.2. The van der Waals surface area contributed by atoms with Gasteiger partial charge < -0.3 is 65.1 Å². The highest BCUT2D eigenvalue weighted by Crippen LogP contribution is 2.52. The largest absolute Gasteiger partial charge is 0.504 e. The molecule has 0 amide bonds. The predicted octanol–water partition coefficient (Wildman–Crippen LogP) is 3.93. The molecule has 9 N–H and O–H groups in total. The Morgan fingerprint density at radius 2 is 1.70 bits per heavy atom. The fourth-order valence-electron chi connectivity index (χ4n) is 8.52. The van der Waals surface area contributed by atoms with Gasteiger partial charge in [-0.15, -0.1) is 0 Å². The fourth-order valence-corrected chi connectivity index (χ4v) is 11.4. The first kappa shape index (κ1) is 43.0. The standard InChI is InChI=1S/C39H59NO12S2/c1-23(44)19-40-26-5-8-39(17-26)9-6-28(18-39)52-34-14-25-3-4-27(50-21-42)15-31(45)30(11-24-12-35(49-2)38(48)36(13-24)51-22-43)33(47)20-53-54-37(7-10-41)29(25)16-32(34)46/h12-14,16,23,26-28,30-31,33,37,40-48H,3-11,15,17-22H2,1-2H3/t23-,26-,27-,28-,30-,31+,33-,37-,39-/m0/s1. The van der Waals surface area contributed by atoms with Gasteiger partial charge in [-0.25, -0.2) is 0 Å². The van der Waals surface area contributed by atoms with Crippen molar-refractivity contribution in [2.45, 2.75) is 119 Å². The smallest absolute Gasteiger partial charge is 0.200 e. The minimum Gasteiger partial charge on any atom is -0.504 e. The van der Waals surface area contributed by atoms with Crippen molar-refractivity contribution in [3.05, 3.63) is 41.0 Å². The van der Waals surface area contributed by atoms with Crippen LogP contribution in [0.4, 0.5) is 0 Å². The zero-order valence-corrected chi connectivity index (χ0v) is 32.9. The molecule has 2 saturated carbocycles. The maximum Gasteiger partial charge on any atom is 0.200 e. The second-order valence-corrected chi connectivity index (χ2v) is 17.8. The maximum absolute atomic E-state index is 11.6. The molecule has 3 aliphatic rings. The zero-order chi connectivity index (χ0) is 38.8. The molecule has 2 aliphatic carbocycles. The third-order valence-electron chi connectivity index (χ3n) is 11.3. The van der Waals surface area contributed by atoms with E-state index in [1.165, 1.54) is 34.8 Å². The van der Waals surface area contributed by atoms with E-state index >= 15 is 0 Å². The van der Waals surface area contributed by atoms with E-state index in [1.54, 1.807) is 19.1 Å². The van der Waals surface area contributed by atoms with E-state index in [0.29, 0.717) is 43.2 Å². The summed E-state index contributed by atoms with van der Waals surface area (Å²) < 4.78 is 22.8. The monoisotopic (exact) mass is 797 g/mol. The average Bonchev–Trinajstić information content (AvgIpc) is 3.74. The van der Waals surface area contributed by atoms with Crippen molar-refractivity contribution in [1.82, 2.24) is 5.32 Å². The number of phenolic OH excluding ortho intramolecular Hbond substituents is 2. The third-order valence-corrected chi connectivity index (χ3v) is 14.1. The molecule has 0 radical (unpaired) electrons. The number of hydrogen-bond donors (Lipinski definition) is 9. The van der Waals surface area contributed by atoms with Crippen molar-refractivity contribution in [1.29, 1.82) is 0 Å². The molecular formula is C39H59NO12S2. The summed E-state index contributed by atoms with van der Waals surface area (Å²) in [6, 6.07) is 7.13. The molecular weight excluding hydrogens is 739 g/mol. The summed E-state index contributed by atoms with van der Waals surface area (Å²) in [4.78, 5) is 0. The van der Waals surface area contributed by atoms with Gasteiger partial charge >= 0.3 is 0 Å². The highest BCUT2D eigenvalue weighted by atomic mass is 33.1. The van der Waals surface area contributed by atoms with Crippen LogP contribution in [0.15, 0.2) is 24.3 Å². The predicted molar refractivity (Wildman–Crippen MR) is 207 cm³/mol. The van der Waals surface area contributed by atoms with Gasteiger partial charge in [-0.1, -0.05) is 21.6 Å². The van der Waals surface area contributed by atoms with Gasteiger partial charge in [-0.05, 0) is 124 Å². The van der Waals surface area contributed by atoms with Gasteiger partial charge in [0.2, 0.25) is 5.75 Å². The van der Waals surface area contributed by atoms with E-state index in [-0.39, 0.29) is 71.1 Å². The number of hydrogen-bond acceptors (Lipinski definition) is 15. The number of aliphatic hydroxyl groups is 6. The van der Waals surface area contributed by atoms with E-state index in [1.807, 2.05) is 6.07 Å². The average molecular weight is 798 g/mol. The van der Waals surface area contributed by atoms with Crippen molar-refractivity contribution in [2.75, 3.05) is 39.6 Å². The lowest BCUT2D eigenvalue weighted by atomic mass is 9.84. The number of rotatable bonds is 14. The Morgan fingerprint density at radius 3 is 2.43 bits per heavy atom. The van der Waals surface area contributed by atoms with Gasteiger partial charge in [-0.2, -0.15) is 0 Å². The Balaban J connectivity index is 1.36. The Bertz CT molecular complexity index is 1490. The van der Waals surface area contributed by atoms with Gasteiger partial charge in [0, 0.05) is 36.1 Å². The lowest BCUT2D eigenvalue weighted by molar-refractivity contribution is -0.0808. The van der Waals surface area contributed by atoms with E-state index < -0.39 is 37.8 Å². The summed E-state index contributed by atoms with van der Waals surface area (Å²) in [5, 5.41) is 87.2. The lowest BCUT2D eigenvalue weighted by Crippen LogP contribution is -2.38. The summed E-state index contributed by atoms with van der Waals surface area (Å²) in [5.41, 5.74) is 2.54. The van der Waals surface area contributed by atoms with Crippen molar-refractivity contribution in [3.63, 3.8) is 0 Å². The molecule has 54 heavy (non-hydrogen) atoms. The summed E-state index contributed by atoms with van der Waals surface area (Å²) in [5.74, 6) is -0.176. The first-order valence-electron chi connectivity index (χ1n) is 19.0. The summed E-state index contributed by atoms with van der Waals surface area (Å²) in [6.45, 7) is 1.06. The molecule has 1 aliphatic heterocycles. The molecule has 0 bridgehead atoms. The molecule has 9 atom stereocenters. The summed E-state index contributed by atoms with van der Waals surface area (Å²) in [7, 11) is 4.29. The second kappa shape index (κ2) is 20.3. The molecule has 0 aromatic heterocycles. The van der Waals surface area contributed by atoms with Crippen LogP contribution in [0.25, 0.3) is 0 Å². The van der Waals surface area contributed by atoms with E-state index in [4.69, 9.17) is 18.9 Å². The van der Waals surface area contributed by atoms with Gasteiger partial charge in [0.05, 0.1) is 37.6 Å². The van der Waals surface area contributed by atoms with Crippen LogP contribution in [0.5, 0.6) is 28.7 Å². The van der Waals surface area contributed by atoms with Crippen molar-refractivity contribution < 1.29 is 59.8 Å². The zero-order valence-electron chi connectivity index (χ0n) is 31.3. The number of nitrogens with one attached hydrogen (secondary N) is 1. The van der Waals surface area contributed by atoms with Crippen molar-refractivity contribution in [3.8, 4) is 28.7 Å². The fraction of sp³-hybridized carbons (Fsp3) is 0.692. The van der Waals surface area contributed by atoms with Gasteiger partial charge in [0.1, 0.15) is 6.79 Å². The molecule has 13 nitrogen and oxygen atoms in total. The minimum absolute atomic E-state index is 0.00366. The molecule has 2 aromatic carbocycles. The van der Waals surface area contributed by atoms with E-state index in [9.17, 15) is 40.9 Å². The first-order chi connectivity index (χ1) is 26.0. The number of aliphatic hydroxyl groups excluding tert-OH is 6. The van der Waals surface area contributed by atoms with Crippen LogP contribution in [0.1, 0.15) is 86.7 Å². The van der Waals surface area contributed by atoms with E-state index in [0.717, 1.165) is 49.7 Å². The molecule has 2 aromatic rings. The molecule has 2 fully saturated rings. The molecule has 15 heteroatoms. The highest BCUT2D eigenvalue weighted by molar-refractivity contribution is 8.76. The molecule has 5 rings (SSSR count). The quantitative estimate of drug-likeness (QED) is 0.0980. The normalized spacial score (nSPS) is 29.9. The van der Waals surface area contributed by atoms with Gasteiger partial charge in [-0.3, -0.25) is 0 Å². The van der Waals surface area contributed by atoms with Crippen LogP contribution in [0, 0.1) is 11.3 Å². The number of phenols is 2. The number of aryl methyl sites for hydroxylation is 1. The molecule has 304 valence electrons. The number of ether oxygens (including phenoxy) is 4.